The van der Waals surface area contributed by atoms with E-state index in [0.29, 0.717) is 0 Å². The maximum atomic E-state index is 11.7. The first kappa shape index (κ1) is 18.5. The summed E-state index contributed by atoms with van der Waals surface area (Å²) in [6.07, 6.45) is 1.30. The Bertz CT molecular complexity index is 452. The molecule has 0 unspecified atom stereocenters. The van der Waals surface area contributed by atoms with Crippen LogP contribution in [0.15, 0.2) is 24.3 Å². The van der Waals surface area contributed by atoms with Crippen LogP contribution >= 0.6 is 0 Å². The summed E-state index contributed by atoms with van der Waals surface area (Å²) < 4.78 is 5.21. The number of likely N-dealkylation sites (N-methyl/N-ethyl adjacent to an activating group) is 1. The fraction of sp³-hybridized carbons (Fsp3) is 0.588. The Morgan fingerprint density at radius 3 is 2.41 bits per heavy atom. The maximum absolute atomic E-state index is 11.7. The molecule has 0 aromatic heterocycles. The van der Waals surface area contributed by atoms with E-state index in [1.807, 2.05) is 52.1 Å². The van der Waals surface area contributed by atoms with Gasteiger partial charge in [0.15, 0.2) is 0 Å². The van der Waals surface area contributed by atoms with Crippen LogP contribution in [0.1, 0.15) is 32.8 Å². The second-order valence-corrected chi connectivity index (χ2v) is 6.45. The van der Waals surface area contributed by atoms with E-state index < -0.39 is 11.7 Å². The van der Waals surface area contributed by atoms with Gasteiger partial charge < -0.3 is 14.7 Å². The minimum Gasteiger partial charge on any atom is -0.444 e. The van der Waals surface area contributed by atoms with E-state index in [0.717, 1.165) is 31.6 Å². The van der Waals surface area contributed by atoms with E-state index in [1.54, 1.807) is 0 Å². The monoisotopic (exact) mass is 308 g/mol. The summed E-state index contributed by atoms with van der Waals surface area (Å²) in [7, 11) is 2.05. The molecule has 0 spiro atoms. The molecule has 5 nitrogen and oxygen atoms in total. The molecule has 0 aliphatic carbocycles. The number of ether oxygens (including phenoxy) is 1. The summed E-state index contributed by atoms with van der Waals surface area (Å²) in [5.41, 5.74) is 1.45. The molecule has 1 aromatic carbocycles. The molecule has 0 aliphatic heterocycles. The minimum absolute atomic E-state index is 0.232. The quantitative estimate of drug-likeness (QED) is 0.813. The first-order valence-electron chi connectivity index (χ1n) is 7.68. The molecule has 5 heteroatoms. The van der Waals surface area contributed by atoms with Crippen LogP contribution in [-0.4, -0.2) is 48.4 Å². The van der Waals surface area contributed by atoms with Crippen molar-refractivity contribution < 1.29 is 14.6 Å². The predicted octanol–water partition coefficient (Wildman–Crippen LogP) is 2.89. The number of aliphatic hydroxyl groups excluding tert-OH is 1. The van der Waals surface area contributed by atoms with Crippen LogP contribution in [0.2, 0.25) is 0 Å². The van der Waals surface area contributed by atoms with Crippen LogP contribution in [0.5, 0.6) is 0 Å². The van der Waals surface area contributed by atoms with Crippen LogP contribution in [0, 0.1) is 0 Å². The molecule has 1 amide bonds. The van der Waals surface area contributed by atoms with Crippen LogP contribution in [-0.2, 0) is 11.2 Å². The molecule has 1 aromatic rings. The van der Waals surface area contributed by atoms with Crippen molar-refractivity contribution >= 4 is 11.8 Å². The largest absolute Gasteiger partial charge is 0.444 e. The van der Waals surface area contributed by atoms with E-state index in [9.17, 15) is 4.79 Å². The van der Waals surface area contributed by atoms with E-state index in [1.165, 1.54) is 5.56 Å². The summed E-state index contributed by atoms with van der Waals surface area (Å²) in [4.78, 5) is 13.9. The summed E-state index contributed by atoms with van der Waals surface area (Å²) in [5.74, 6) is 0. The Morgan fingerprint density at radius 2 is 1.86 bits per heavy atom. The van der Waals surface area contributed by atoms with Gasteiger partial charge in [0.25, 0.3) is 0 Å². The van der Waals surface area contributed by atoms with Crippen molar-refractivity contribution in [3.8, 4) is 0 Å². The van der Waals surface area contributed by atoms with Crippen molar-refractivity contribution in [2.45, 2.75) is 39.2 Å². The van der Waals surface area contributed by atoms with Crippen LogP contribution in [0.4, 0.5) is 10.5 Å². The number of amides is 1. The van der Waals surface area contributed by atoms with Crippen LogP contribution < -0.4 is 5.32 Å². The first-order chi connectivity index (χ1) is 10.3. The lowest BCUT2D eigenvalue weighted by atomic mass is 10.1. The van der Waals surface area contributed by atoms with Gasteiger partial charge >= 0.3 is 6.09 Å². The van der Waals surface area contributed by atoms with Crippen molar-refractivity contribution in [3.05, 3.63) is 29.8 Å². The number of aliphatic hydroxyl groups is 1. The highest BCUT2D eigenvalue weighted by molar-refractivity contribution is 5.84. The maximum Gasteiger partial charge on any atom is 0.412 e. The Hall–Kier alpha value is -1.59. The lowest BCUT2D eigenvalue weighted by Gasteiger charge is -2.19. The second kappa shape index (κ2) is 8.76. The van der Waals surface area contributed by atoms with Gasteiger partial charge in [0.2, 0.25) is 0 Å². The Kier molecular flexibility index (Phi) is 7.35. The fourth-order valence-corrected chi connectivity index (χ4v) is 1.95. The molecule has 22 heavy (non-hydrogen) atoms. The molecule has 0 bridgehead atoms. The molecular formula is C17H28N2O3. The van der Waals surface area contributed by atoms with E-state index in [2.05, 4.69) is 10.2 Å². The summed E-state index contributed by atoms with van der Waals surface area (Å²) >= 11 is 0. The molecular weight excluding hydrogens is 280 g/mol. The summed E-state index contributed by atoms with van der Waals surface area (Å²) in [6.45, 7) is 7.58. The van der Waals surface area contributed by atoms with Crippen molar-refractivity contribution in [2.75, 3.05) is 32.1 Å². The van der Waals surface area contributed by atoms with Crippen molar-refractivity contribution in [3.63, 3.8) is 0 Å². The van der Waals surface area contributed by atoms with Crippen molar-refractivity contribution in [1.82, 2.24) is 4.90 Å². The van der Waals surface area contributed by atoms with Gasteiger partial charge in [0.05, 0.1) is 0 Å². The molecule has 0 saturated heterocycles. The molecule has 0 atom stereocenters. The number of rotatable bonds is 7. The zero-order valence-corrected chi connectivity index (χ0v) is 14.1. The molecule has 2 N–H and O–H groups in total. The topological polar surface area (TPSA) is 61.8 Å². The van der Waals surface area contributed by atoms with Gasteiger partial charge in [-0.25, -0.2) is 4.79 Å². The molecule has 0 heterocycles. The Balaban J connectivity index is 2.41. The first-order valence-corrected chi connectivity index (χ1v) is 7.68. The predicted molar refractivity (Wildman–Crippen MR) is 89.2 cm³/mol. The average molecular weight is 308 g/mol. The third-order valence-electron chi connectivity index (χ3n) is 3.08. The van der Waals surface area contributed by atoms with Gasteiger partial charge in [0.1, 0.15) is 5.60 Å². The lowest BCUT2D eigenvalue weighted by molar-refractivity contribution is 0.0636. The molecule has 1 rings (SSSR count). The minimum atomic E-state index is -0.497. The summed E-state index contributed by atoms with van der Waals surface area (Å²) in [6, 6.07) is 7.78. The number of hydrogen-bond donors (Lipinski definition) is 2. The van der Waals surface area contributed by atoms with Gasteiger partial charge in [-0.15, -0.1) is 0 Å². The summed E-state index contributed by atoms with van der Waals surface area (Å²) in [5, 5.41) is 11.5. The highest BCUT2D eigenvalue weighted by Gasteiger charge is 2.16. The highest BCUT2D eigenvalue weighted by atomic mass is 16.6. The fourth-order valence-electron chi connectivity index (χ4n) is 1.95. The molecule has 0 aliphatic rings. The Labute approximate surface area is 133 Å². The lowest BCUT2D eigenvalue weighted by Crippen LogP contribution is -2.27. The number of anilines is 1. The SMILES string of the molecule is CN(CCCO)CCc1ccc(NC(=O)OC(C)(C)C)cc1. The van der Waals surface area contributed by atoms with Crippen LogP contribution in [0.3, 0.4) is 0 Å². The molecule has 124 valence electrons. The number of hydrogen-bond acceptors (Lipinski definition) is 4. The van der Waals surface area contributed by atoms with Crippen molar-refractivity contribution in [1.29, 1.82) is 0 Å². The third kappa shape index (κ3) is 8.00. The van der Waals surface area contributed by atoms with Gasteiger partial charge in [-0.2, -0.15) is 0 Å². The number of benzene rings is 1. The van der Waals surface area contributed by atoms with E-state index in [-0.39, 0.29) is 6.61 Å². The number of carbonyl (C=O) groups is 1. The standard InChI is InChI=1S/C17H28N2O3/c1-17(2,3)22-16(21)18-15-8-6-14(7-9-15)10-12-19(4)11-5-13-20/h6-9,20H,5,10-13H2,1-4H3,(H,18,21). The van der Waals surface area contributed by atoms with Gasteiger partial charge in [-0.1, -0.05) is 12.1 Å². The third-order valence-corrected chi connectivity index (χ3v) is 3.08. The zero-order chi connectivity index (χ0) is 16.6. The zero-order valence-electron chi connectivity index (χ0n) is 14.1. The molecule has 0 fully saturated rings. The van der Waals surface area contributed by atoms with E-state index >= 15 is 0 Å². The van der Waals surface area contributed by atoms with Crippen molar-refractivity contribution in [2.24, 2.45) is 0 Å². The molecule has 0 saturated carbocycles. The van der Waals surface area contributed by atoms with Crippen LogP contribution in [0.25, 0.3) is 0 Å². The smallest absolute Gasteiger partial charge is 0.412 e. The van der Waals surface area contributed by atoms with Gasteiger partial charge in [-0.3, -0.25) is 5.32 Å². The number of nitrogens with one attached hydrogen (secondary N) is 1. The highest BCUT2D eigenvalue weighted by Crippen LogP contribution is 2.13. The Morgan fingerprint density at radius 1 is 1.23 bits per heavy atom. The average Bonchev–Trinajstić information content (AvgIpc) is 2.42. The second-order valence-electron chi connectivity index (χ2n) is 6.45. The van der Waals surface area contributed by atoms with Gasteiger partial charge in [-0.05, 0) is 58.4 Å². The normalized spacial score (nSPS) is 11.5. The van der Waals surface area contributed by atoms with Gasteiger partial charge in [0, 0.05) is 25.4 Å². The molecule has 0 radical (unpaired) electrons. The van der Waals surface area contributed by atoms with E-state index in [4.69, 9.17) is 9.84 Å². The number of carbonyl (C=O) groups excluding carboxylic acids is 1. The number of nitrogens with zero attached hydrogens (tertiary/aromatic N) is 1.